The molecular weight excluding hydrogens is 645 g/mol. The molecule has 0 heterocycles. The zero-order chi connectivity index (χ0) is 34.5. The van der Waals surface area contributed by atoms with Gasteiger partial charge in [-0.1, -0.05) is 72.3 Å². The van der Waals surface area contributed by atoms with Crippen LogP contribution in [0.2, 0.25) is 0 Å². The summed E-state index contributed by atoms with van der Waals surface area (Å²) >= 11 is 0. The van der Waals surface area contributed by atoms with E-state index in [1.807, 2.05) is 55.5 Å². The lowest BCUT2D eigenvalue weighted by atomic mass is 9.90. The van der Waals surface area contributed by atoms with Gasteiger partial charge in [-0.2, -0.15) is 16.8 Å². The second kappa shape index (κ2) is 14.7. The summed E-state index contributed by atoms with van der Waals surface area (Å²) in [5.41, 5.74) is 7.58. The molecule has 8 nitrogen and oxygen atoms in total. The van der Waals surface area contributed by atoms with Crippen molar-refractivity contribution in [1.82, 2.24) is 0 Å². The molecule has 4 aromatic carbocycles. The standard InChI is InChI=1S/C38H38N2O6S2/c1-4-39(26-29-11-8-10-28(3)24-29)33-20-16-31(17-21-33)38(36-14-6-7-15-37(36)48(44,45)46)32-18-22-34(23-19-32)40(5-2)27-30-12-9-13-35(25-30)47(41,42)43/h6-25H,4-5,26-27H2,1-3H3,(H-,41,42,43,44,45,46)/p+1. The molecule has 0 saturated heterocycles. The number of hydrogen-bond donors (Lipinski definition) is 2. The fourth-order valence-corrected chi connectivity index (χ4v) is 7.13. The van der Waals surface area contributed by atoms with Crippen molar-refractivity contribution < 1.29 is 30.5 Å². The summed E-state index contributed by atoms with van der Waals surface area (Å²) in [5.74, 6) is 0. The number of hydrogen-bond acceptors (Lipinski definition) is 5. The molecule has 0 bridgehead atoms. The van der Waals surface area contributed by atoms with Crippen molar-refractivity contribution in [2.45, 2.75) is 43.7 Å². The maximum absolute atomic E-state index is 12.5. The van der Waals surface area contributed by atoms with E-state index in [0.717, 1.165) is 35.6 Å². The Morgan fingerprint density at radius 2 is 1.40 bits per heavy atom. The monoisotopic (exact) mass is 683 g/mol. The summed E-state index contributed by atoms with van der Waals surface area (Å²) in [6.07, 6.45) is 7.67. The maximum Gasteiger partial charge on any atom is 0.295 e. The van der Waals surface area contributed by atoms with Crippen LogP contribution in [0.15, 0.2) is 137 Å². The Kier molecular flexibility index (Phi) is 10.6. The van der Waals surface area contributed by atoms with Gasteiger partial charge in [-0.15, -0.1) is 0 Å². The number of allylic oxidation sites excluding steroid dienone is 5. The van der Waals surface area contributed by atoms with Gasteiger partial charge in [0.1, 0.15) is 11.4 Å². The highest BCUT2D eigenvalue weighted by Crippen LogP contribution is 2.35. The highest BCUT2D eigenvalue weighted by molar-refractivity contribution is 7.86. The van der Waals surface area contributed by atoms with Crippen LogP contribution in [0.5, 0.6) is 0 Å². The average Bonchev–Trinajstić information content (AvgIpc) is 3.06. The smallest absolute Gasteiger partial charge is 0.295 e. The second-order valence-corrected chi connectivity index (χ2v) is 14.4. The Labute approximate surface area is 283 Å². The highest BCUT2D eigenvalue weighted by Gasteiger charge is 2.22. The quantitative estimate of drug-likeness (QED) is 0.128. The first-order valence-corrected chi connectivity index (χ1v) is 18.5. The molecule has 0 saturated carbocycles. The molecule has 1 aliphatic carbocycles. The highest BCUT2D eigenvalue weighted by atomic mass is 32.2. The van der Waals surface area contributed by atoms with Crippen molar-refractivity contribution in [2.75, 3.05) is 18.0 Å². The Morgan fingerprint density at radius 3 is 2.02 bits per heavy atom. The molecule has 0 fully saturated rings. The van der Waals surface area contributed by atoms with Gasteiger partial charge in [0.05, 0.1) is 4.90 Å². The van der Waals surface area contributed by atoms with Crippen LogP contribution in [0, 0.1) is 6.92 Å². The molecule has 0 atom stereocenters. The van der Waals surface area contributed by atoms with Gasteiger partial charge in [-0.05, 0) is 85.5 Å². The van der Waals surface area contributed by atoms with Gasteiger partial charge in [0.15, 0.2) is 12.3 Å². The molecule has 0 aliphatic heterocycles. The van der Waals surface area contributed by atoms with Crippen molar-refractivity contribution in [3.05, 3.63) is 155 Å². The minimum atomic E-state index is -4.53. The van der Waals surface area contributed by atoms with Crippen LogP contribution in [0.4, 0.5) is 5.69 Å². The average molecular weight is 684 g/mol. The van der Waals surface area contributed by atoms with E-state index in [0.29, 0.717) is 29.8 Å². The van der Waals surface area contributed by atoms with Gasteiger partial charge in [0, 0.05) is 42.1 Å². The Bertz CT molecular complexity index is 2150. The molecule has 10 heteroatoms. The van der Waals surface area contributed by atoms with E-state index in [1.54, 1.807) is 30.3 Å². The Balaban J connectivity index is 1.55. The van der Waals surface area contributed by atoms with E-state index >= 15 is 0 Å². The van der Waals surface area contributed by atoms with E-state index < -0.39 is 20.2 Å². The molecule has 0 aromatic heterocycles. The third-order valence-electron chi connectivity index (χ3n) is 8.27. The first-order chi connectivity index (χ1) is 22.9. The van der Waals surface area contributed by atoms with Crippen LogP contribution in [-0.4, -0.2) is 49.3 Å². The molecule has 0 unspecified atom stereocenters. The van der Waals surface area contributed by atoms with Crippen molar-refractivity contribution in [1.29, 1.82) is 0 Å². The summed E-state index contributed by atoms with van der Waals surface area (Å²) in [6.45, 7) is 8.74. The summed E-state index contributed by atoms with van der Waals surface area (Å²) in [7, 11) is -8.85. The van der Waals surface area contributed by atoms with Crippen LogP contribution in [0.1, 0.15) is 41.7 Å². The predicted octanol–water partition coefficient (Wildman–Crippen LogP) is 7.12. The molecule has 0 spiro atoms. The maximum atomic E-state index is 12.5. The van der Waals surface area contributed by atoms with E-state index in [2.05, 4.69) is 47.6 Å². The number of benzene rings is 4. The van der Waals surface area contributed by atoms with Gasteiger partial charge in [0.25, 0.3) is 20.2 Å². The summed E-state index contributed by atoms with van der Waals surface area (Å²) < 4.78 is 70.1. The lowest BCUT2D eigenvalue weighted by Gasteiger charge is -2.24. The van der Waals surface area contributed by atoms with E-state index in [4.69, 9.17) is 0 Å². The van der Waals surface area contributed by atoms with Crippen LogP contribution >= 0.6 is 0 Å². The molecule has 0 radical (unpaired) electrons. The second-order valence-electron chi connectivity index (χ2n) is 11.6. The Hall–Kier alpha value is -4.61. The number of rotatable bonds is 11. The normalized spacial score (nSPS) is 13.1. The minimum Gasteiger partial charge on any atom is -0.367 e. The van der Waals surface area contributed by atoms with Crippen LogP contribution < -0.4 is 4.90 Å². The number of nitrogens with zero attached hydrogens (tertiary/aromatic N) is 2. The largest absolute Gasteiger partial charge is 0.367 e. The van der Waals surface area contributed by atoms with Crippen LogP contribution in [0.25, 0.3) is 5.57 Å². The van der Waals surface area contributed by atoms with Crippen molar-refractivity contribution in [3.8, 4) is 0 Å². The zero-order valence-electron chi connectivity index (χ0n) is 27.1. The fourth-order valence-electron chi connectivity index (χ4n) is 5.88. The molecule has 0 amide bonds. The van der Waals surface area contributed by atoms with Crippen molar-refractivity contribution in [3.63, 3.8) is 0 Å². The van der Waals surface area contributed by atoms with Gasteiger partial charge >= 0.3 is 0 Å². The summed E-state index contributed by atoms with van der Waals surface area (Å²) in [5, 5.41) is 0. The minimum absolute atomic E-state index is 0.161. The molecule has 48 heavy (non-hydrogen) atoms. The molecular formula is C38H39N2O6S2+. The van der Waals surface area contributed by atoms with Crippen LogP contribution in [0.3, 0.4) is 0 Å². The van der Waals surface area contributed by atoms with Crippen LogP contribution in [-0.2, 0) is 33.3 Å². The topological polar surface area (TPSA) is 115 Å². The van der Waals surface area contributed by atoms with Crippen molar-refractivity contribution >= 4 is 37.2 Å². The van der Waals surface area contributed by atoms with E-state index in [-0.39, 0.29) is 9.79 Å². The third kappa shape index (κ3) is 8.26. The fraction of sp³-hybridized carbons (Fsp3) is 0.184. The SMILES string of the molecule is CCN(Cc1cccc(C)c1)c1ccc(C(=C2C=CC(=[N+](CC)Cc3cccc(S(=O)(=O)O)c3)C=C2)c2ccccc2S(=O)(=O)O)cc1. The first-order valence-electron chi connectivity index (χ1n) is 15.6. The first kappa shape index (κ1) is 34.7. The molecule has 4 aromatic rings. The van der Waals surface area contributed by atoms with E-state index in [1.165, 1.54) is 29.3 Å². The number of anilines is 1. The molecule has 2 N–H and O–H groups in total. The number of aryl methyl sites for hydroxylation is 1. The Morgan fingerprint density at radius 1 is 0.729 bits per heavy atom. The predicted molar refractivity (Wildman–Crippen MR) is 191 cm³/mol. The zero-order valence-corrected chi connectivity index (χ0v) is 28.7. The lowest BCUT2D eigenvalue weighted by molar-refractivity contribution is -0.539. The summed E-state index contributed by atoms with van der Waals surface area (Å²) in [4.78, 5) is 1.92. The molecule has 248 valence electrons. The molecule has 5 rings (SSSR count). The molecule has 1 aliphatic rings. The third-order valence-corrected chi connectivity index (χ3v) is 10.0. The lowest BCUT2D eigenvalue weighted by Crippen LogP contribution is -2.22. The van der Waals surface area contributed by atoms with Gasteiger partial charge < -0.3 is 4.90 Å². The summed E-state index contributed by atoms with van der Waals surface area (Å²) in [6, 6.07) is 29.0. The van der Waals surface area contributed by atoms with Gasteiger partial charge in [-0.25, -0.2) is 4.58 Å². The van der Waals surface area contributed by atoms with Gasteiger partial charge in [-0.3, -0.25) is 9.11 Å². The van der Waals surface area contributed by atoms with Gasteiger partial charge in [0.2, 0.25) is 0 Å². The van der Waals surface area contributed by atoms with Crippen molar-refractivity contribution in [2.24, 2.45) is 0 Å². The van der Waals surface area contributed by atoms with E-state index in [9.17, 15) is 25.9 Å².